The Balaban J connectivity index is 1.90. The van der Waals surface area contributed by atoms with Crippen LogP contribution in [-0.4, -0.2) is 20.2 Å². The largest absolute Gasteiger partial charge is 0.508 e. The van der Waals surface area contributed by atoms with E-state index in [4.69, 9.17) is 0 Å². The molecule has 0 spiro atoms. The third kappa shape index (κ3) is 3.39. The van der Waals surface area contributed by atoms with Crippen molar-refractivity contribution in [1.29, 1.82) is 0 Å². The normalized spacial score (nSPS) is 21.5. The molecule has 0 aliphatic carbocycles. The lowest BCUT2D eigenvalue weighted by atomic mass is 9.79. The second-order valence-electron chi connectivity index (χ2n) is 5.84. The van der Waals surface area contributed by atoms with E-state index in [-0.39, 0.29) is 29.4 Å². The number of alkyl halides is 1. The first-order valence-corrected chi connectivity index (χ1v) is 8.91. The van der Waals surface area contributed by atoms with Crippen LogP contribution in [0.1, 0.15) is 24.4 Å². The van der Waals surface area contributed by atoms with Gasteiger partial charge in [0, 0.05) is 5.69 Å². The maximum Gasteiger partial charge on any atom is 0.233 e. The summed E-state index contributed by atoms with van der Waals surface area (Å²) in [6.45, 7) is 0. The van der Waals surface area contributed by atoms with Gasteiger partial charge in [0.1, 0.15) is 15.7 Å². The molecule has 2 aromatic rings. The zero-order chi connectivity index (χ0) is 17.3. The van der Waals surface area contributed by atoms with Gasteiger partial charge in [0.05, 0.1) is 12.0 Å². The number of β-lactam (4-membered cyclic amide) rings is 1. The zero-order valence-corrected chi connectivity index (χ0v) is 14.9. The molecule has 2 aromatic carbocycles. The van der Waals surface area contributed by atoms with Gasteiger partial charge >= 0.3 is 0 Å². The van der Waals surface area contributed by atoms with Gasteiger partial charge in [-0.15, -0.1) is 0 Å². The molecule has 1 unspecified atom stereocenters. The molecule has 1 saturated heterocycles. The van der Waals surface area contributed by atoms with E-state index in [9.17, 15) is 19.4 Å². The number of aliphatic hydroxyl groups is 1. The quantitative estimate of drug-likeness (QED) is 0.422. The number of carbonyl (C=O) groups is 1. The highest BCUT2D eigenvalue weighted by Crippen LogP contribution is 2.46. The molecule has 2 N–H and O–H groups in total. The predicted molar refractivity (Wildman–Crippen MR) is 97.5 cm³/mol. The summed E-state index contributed by atoms with van der Waals surface area (Å²) in [4.78, 5) is 14.3. The molecule has 3 atom stereocenters. The predicted octanol–water partition coefficient (Wildman–Crippen LogP) is 3.77. The summed E-state index contributed by atoms with van der Waals surface area (Å²) in [5.74, 6) is -0.449. The number of rotatable bonds is 5. The maximum absolute atomic E-state index is 13.2. The summed E-state index contributed by atoms with van der Waals surface area (Å²) in [6, 6.07) is 12.4. The van der Waals surface area contributed by atoms with Gasteiger partial charge in [0.2, 0.25) is 5.91 Å². The van der Waals surface area contributed by atoms with Crippen LogP contribution >= 0.6 is 22.6 Å². The van der Waals surface area contributed by atoms with Gasteiger partial charge in [-0.3, -0.25) is 4.79 Å². The molecule has 126 valence electrons. The number of carbonyl (C=O) groups excluding carboxylic acids is 1. The van der Waals surface area contributed by atoms with E-state index in [1.54, 1.807) is 41.3 Å². The van der Waals surface area contributed by atoms with E-state index in [0.717, 1.165) is 5.56 Å². The Labute approximate surface area is 153 Å². The number of nitrogens with zero attached hydrogens (tertiary/aromatic N) is 1. The van der Waals surface area contributed by atoms with Crippen LogP contribution in [0.25, 0.3) is 0 Å². The van der Waals surface area contributed by atoms with Crippen molar-refractivity contribution in [2.45, 2.75) is 23.0 Å². The number of phenolic OH excluding ortho intramolecular Hbond substituents is 1. The molecule has 6 heteroatoms. The SMILES string of the molecule is O=C1[C@H](CCC(O)I)[C@@H](c2ccc(O)cc2)N1c1ccc(F)cc1. The number of aliphatic hydroxyl groups excluding tert-OH is 1. The van der Waals surface area contributed by atoms with Gasteiger partial charge < -0.3 is 15.1 Å². The molecule has 24 heavy (non-hydrogen) atoms. The van der Waals surface area contributed by atoms with E-state index >= 15 is 0 Å². The van der Waals surface area contributed by atoms with Gasteiger partial charge in [0.15, 0.2) is 0 Å². The molecule has 1 heterocycles. The molecular formula is C18H17FINO3. The number of benzene rings is 2. The van der Waals surface area contributed by atoms with Crippen molar-refractivity contribution < 1.29 is 19.4 Å². The highest BCUT2D eigenvalue weighted by Gasteiger charge is 2.48. The smallest absolute Gasteiger partial charge is 0.233 e. The minimum atomic E-state index is -0.490. The Kier molecular flexibility index (Phi) is 5.05. The lowest BCUT2D eigenvalue weighted by Crippen LogP contribution is -2.55. The molecule has 1 amide bonds. The van der Waals surface area contributed by atoms with E-state index < -0.39 is 4.11 Å². The minimum Gasteiger partial charge on any atom is -0.508 e. The fourth-order valence-electron chi connectivity index (χ4n) is 3.09. The van der Waals surface area contributed by atoms with E-state index in [0.29, 0.717) is 18.5 Å². The Hall–Kier alpha value is -1.67. The Morgan fingerprint density at radius 3 is 2.33 bits per heavy atom. The molecule has 0 radical (unpaired) electrons. The molecule has 1 fully saturated rings. The molecule has 0 aromatic heterocycles. The molecular weight excluding hydrogens is 424 g/mol. The standard InChI is InChI=1S/C18H17FINO3/c19-12-3-5-13(6-4-12)21-17(11-1-7-14(22)8-2-11)15(18(21)24)9-10-16(20)23/h1-8,15-17,22-23H,9-10H2/t15-,16?,17-/m1/s1. The first-order valence-electron chi connectivity index (χ1n) is 7.67. The van der Waals surface area contributed by atoms with E-state index in [1.165, 1.54) is 12.1 Å². The second kappa shape index (κ2) is 7.06. The summed E-state index contributed by atoms with van der Waals surface area (Å²) < 4.78 is 12.7. The molecule has 3 rings (SSSR count). The number of anilines is 1. The summed E-state index contributed by atoms with van der Waals surface area (Å²) in [5.41, 5.74) is 1.55. The van der Waals surface area contributed by atoms with Crippen LogP contribution in [0.15, 0.2) is 48.5 Å². The lowest BCUT2D eigenvalue weighted by Gasteiger charge is -2.47. The summed E-state index contributed by atoms with van der Waals surface area (Å²) in [7, 11) is 0. The van der Waals surface area contributed by atoms with Gasteiger partial charge in [-0.25, -0.2) is 4.39 Å². The van der Waals surface area contributed by atoms with Crippen LogP contribution in [0.4, 0.5) is 10.1 Å². The topological polar surface area (TPSA) is 60.8 Å². The van der Waals surface area contributed by atoms with E-state index in [2.05, 4.69) is 0 Å². The van der Waals surface area contributed by atoms with Gasteiger partial charge in [-0.1, -0.05) is 34.7 Å². The van der Waals surface area contributed by atoms with E-state index in [1.807, 2.05) is 22.6 Å². The Bertz CT molecular complexity index is 718. The molecule has 1 aliphatic heterocycles. The average molecular weight is 441 g/mol. The second-order valence-corrected chi connectivity index (χ2v) is 7.28. The van der Waals surface area contributed by atoms with Crippen molar-refractivity contribution in [2.24, 2.45) is 5.92 Å². The number of aromatic hydroxyl groups is 1. The van der Waals surface area contributed by atoms with Crippen LogP contribution in [0, 0.1) is 11.7 Å². The average Bonchev–Trinajstić information content (AvgIpc) is 2.55. The Morgan fingerprint density at radius 2 is 1.75 bits per heavy atom. The highest BCUT2D eigenvalue weighted by atomic mass is 127. The van der Waals surface area contributed by atoms with Gasteiger partial charge in [-0.05, 0) is 54.8 Å². The fourth-order valence-corrected chi connectivity index (χ4v) is 3.45. The molecule has 4 nitrogen and oxygen atoms in total. The van der Waals surface area contributed by atoms with Crippen LogP contribution < -0.4 is 4.90 Å². The molecule has 0 saturated carbocycles. The first-order chi connectivity index (χ1) is 11.5. The maximum atomic E-state index is 13.2. The summed E-state index contributed by atoms with van der Waals surface area (Å²) in [6.07, 6.45) is 1.11. The first kappa shape index (κ1) is 17.2. The third-order valence-electron chi connectivity index (χ3n) is 4.27. The number of halogens is 2. The zero-order valence-electron chi connectivity index (χ0n) is 12.8. The van der Waals surface area contributed by atoms with Crippen LogP contribution in [-0.2, 0) is 4.79 Å². The highest BCUT2D eigenvalue weighted by molar-refractivity contribution is 14.1. The monoisotopic (exact) mass is 441 g/mol. The van der Waals surface area contributed by atoms with Crippen molar-refractivity contribution in [2.75, 3.05) is 4.90 Å². The lowest BCUT2D eigenvalue weighted by molar-refractivity contribution is -0.130. The molecule has 1 aliphatic rings. The third-order valence-corrected chi connectivity index (χ3v) is 4.89. The number of hydrogen-bond donors (Lipinski definition) is 2. The minimum absolute atomic E-state index is 0.0308. The van der Waals surface area contributed by atoms with Crippen molar-refractivity contribution in [3.8, 4) is 5.75 Å². The van der Waals surface area contributed by atoms with Crippen molar-refractivity contribution in [3.05, 3.63) is 59.9 Å². The summed E-state index contributed by atoms with van der Waals surface area (Å²) >= 11 is 1.93. The van der Waals surface area contributed by atoms with Crippen molar-refractivity contribution in [3.63, 3.8) is 0 Å². The fraction of sp³-hybridized carbons (Fsp3) is 0.278. The van der Waals surface area contributed by atoms with Crippen LogP contribution in [0.5, 0.6) is 5.75 Å². The van der Waals surface area contributed by atoms with Crippen molar-refractivity contribution >= 4 is 34.2 Å². The van der Waals surface area contributed by atoms with Crippen molar-refractivity contribution in [1.82, 2.24) is 0 Å². The van der Waals surface area contributed by atoms with Gasteiger partial charge in [0.25, 0.3) is 0 Å². The number of phenols is 1. The number of amides is 1. The van der Waals surface area contributed by atoms with Crippen LogP contribution in [0.2, 0.25) is 0 Å². The Morgan fingerprint density at radius 1 is 1.12 bits per heavy atom. The number of hydrogen-bond acceptors (Lipinski definition) is 3. The van der Waals surface area contributed by atoms with Crippen LogP contribution in [0.3, 0.4) is 0 Å². The molecule has 0 bridgehead atoms. The summed E-state index contributed by atoms with van der Waals surface area (Å²) in [5, 5.41) is 19.0. The van der Waals surface area contributed by atoms with Gasteiger partial charge in [-0.2, -0.15) is 0 Å².